The van der Waals surface area contributed by atoms with Crippen LogP contribution in [0.3, 0.4) is 0 Å². The Morgan fingerprint density at radius 1 is 1.78 bits per heavy atom. The second kappa shape index (κ2) is 4.14. The Balaban J connectivity index is 3.49. The molecule has 0 heterocycles. The predicted molar refractivity (Wildman–Crippen MR) is 36.6 cm³/mol. The molecule has 4 N–H and O–H groups in total. The lowest BCUT2D eigenvalue weighted by molar-refractivity contribution is 0.0941. The Morgan fingerprint density at radius 3 is 2.67 bits per heavy atom. The third-order valence-corrected chi connectivity index (χ3v) is 0.690. The van der Waals surface area contributed by atoms with Crippen LogP contribution in [-0.4, -0.2) is 18.8 Å². The summed E-state index contributed by atoms with van der Waals surface area (Å²) in [5.74, 6) is 0.0379. The van der Waals surface area contributed by atoms with Crippen molar-refractivity contribution in [3.05, 3.63) is 6.92 Å². The molecule has 0 bridgehead atoms. The van der Waals surface area contributed by atoms with Crippen molar-refractivity contribution in [1.29, 1.82) is 0 Å². The standard InChI is InChI=1S/C5H12N3O/c1-3-9-4(2)8-5(6)7/h4H,1,3H2,2H3,(H4,6,7,8). The van der Waals surface area contributed by atoms with Crippen molar-refractivity contribution in [3.8, 4) is 0 Å². The number of ether oxygens (including phenoxy) is 1. The molecule has 0 aliphatic rings. The van der Waals surface area contributed by atoms with Crippen molar-refractivity contribution in [2.75, 3.05) is 6.61 Å². The molecule has 1 atom stereocenters. The number of nitrogens with two attached hydrogens (primary N) is 2. The van der Waals surface area contributed by atoms with E-state index in [9.17, 15) is 0 Å². The Kier molecular flexibility index (Phi) is 3.79. The van der Waals surface area contributed by atoms with E-state index >= 15 is 0 Å². The van der Waals surface area contributed by atoms with Gasteiger partial charge < -0.3 is 16.2 Å². The molecular weight excluding hydrogens is 118 g/mol. The van der Waals surface area contributed by atoms with Gasteiger partial charge in [0, 0.05) is 6.61 Å². The number of guanidine groups is 1. The van der Waals surface area contributed by atoms with E-state index in [-0.39, 0.29) is 12.2 Å². The van der Waals surface area contributed by atoms with Crippen LogP contribution in [0, 0.1) is 6.92 Å². The predicted octanol–water partition coefficient (Wildman–Crippen LogP) is -0.544. The van der Waals surface area contributed by atoms with Crippen LogP contribution in [-0.2, 0) is 4.74 Å². The Bertz CT molecular complexity index is 98.4. The van der Waals surface area contributed by atoms with Gasteiger partial charge in [-0.25, -0.2) is 4.99 Å². The van der Waals surface area contributed by atoms with Crippen molar-refractivity contribution in [1.82, 2.24) is 0 Å². The van der Waals surface area contributed by atoms with Crippen LogP contribution in [0.2, 0.25) is 0 Å². The summed E-state index contributed by atoms with van der Waals surface area (Å²) >= 11 is 0. The topological polar surface area (TPSA) is 73.6 Å². The summed E-state index contributed by atoms with van der Waals surface area (Å²) in [6, 6.07) is 0. The lowest BCUT2D eigenvalue weighted by Gasteiger charge is -2.04. The molecule has 1 radical (unpaired) electrons. The van der Waals surface area contributed by atoms with Gasteiger partial charge in [-0.15, -0.1) is 0 Å². The van der Waals surface area contributed by atoms with E-state index in [0.717, 1.165) is 0 Å². The zero-order valence-electron chi connectivity index (χ0n) is 5.50. The largest absolute Gasteiger partial charge is 0.370 e. The van der Waals surface area contributed by atoms with Gasteiger partial charge in [-0.2, -0.15) is 0 Å². The summed E-state index contributed by atoms with van der Waals surface area (Å²) in [6.45, 7) is 5.57. The second-order valence-corrected chi connectivity index (χ2v) is 1.52. The van der Waals surface area contributed by atoms with E-state index in [1.54, 1.807) is 6.92 Å². The molecule has 0 saturated carbocycles. The first-order chi connectivity index (χ1) is 4.16. The van der Waals surface area contributed by atoms with Crippen LogP contribution < -0.4 is 11.5 Å². The molecule has 0 fully saturated rings. The molecule has 4 nitrogen and oxygen atoms in total. The summed E-state index contributed by atoms with van der Waals surface area (Å²) in [7, 11) is 0. The number of aliphatic imine (C=N–C) groups is 1. The summed E-state index contributed by atoms with van der Waals surface area (Å²) in [5, 5.41) is 0. The molecule has 0 aliphatic heterocycles. The highest BCUT2D eigenvalue weighted by molar-refractivity contribution is 5.75. The van der Waals surface area contributed by atoms with Crippen molar-refractivity contribution in [2.24, 2.45) is 16.5 Å². The molecule has 0 spiro atoms. The lowest BCUT2D eigenvalue weighted by atomic mass is 10.6. The highest BCUT2D eigenvalue weighted by Gasteiger charge is 1.94. The monoisotopic (exact) mass is 130 g/mol. The Morgan fingerprint density at radius 2 is 2.33 bits per heavy atom. The highest BCUT2D eigenvalue weighted by atomic mass is 16.5. The molecule has 9 heavy (non-hydrogen) atoms. The number of hydrogen-bond acceptors (Lipinski definition) is 2. The van der Waals surface area contributed by atoms with Gasteiger partial charge in [0.2, 0.25) is 0 Å². The molecule has 0 aliphatic carbocycles. The van der Waals surface area contributed by atoms with Gasteiger partial charge in [0.25, 0.3) is 0 Å². The zero-order chi connectivity index (χ0) is 7.28. The fourth-order valence-corrected chi connectivity index (χ4v) is 0.418. The SMILES string of the molecule is [CH2]COC(C)N=C(N)N. The molecule has 0 aromatic rings. The summed E-state index contributed by atoms with van der Waals surface area (Å²) in [6.07, 6.45) is -0.285. The van der Waals surface area contributed by atoms with E-state index in [1.807, 2.05) is 0 Å². The quantitative estimate of drug-likeness (QED) is 0.398. The average molecular weight is 130 g/mol. The summed E-state index contributed by atoms with van der Waals surface area (Å²) < 4.78 is 4.89. The van der Waals surface area contributed by atoms with Crippen LogP contribution in [0.25, 0.3) is 0 Å². The smallest absolute Gasteiger partial charge is 0.188 e. The van der Waals surface area contributed by atoms with Crippen LogP contribution in [0.4, 0.5) is 0 Å². The van der Waals surface area contributed by atoms with Crippen molar-refractivity contribution in [2.45, 2.75) is 13.2 Å². The van der Waals surface area contributed by atoms with Crippen molar-refractivity contribution < 1.29 is 4.74 Å². The van der Waals surface area contributed by atoms with Gasteiger partial charge in [-0.1, -0.05) is 0 Å². The molecule has 1 unspecified atom stereocenters. The third-order valence-electron chi connectivity index (χ3n) is 0.690. The molecule has 53 valence electrons. The molecular formula is C5H12N3O. The van der Waals surface area contributed by atoms with Gasteiger partial charge >= 0.3 is 0 Å². The third kappa shape index (κ3) is 5.10. The maximum atomic E-state index is 5.05. The van der Waals surface area contributed by atoms with Crippen LogP contribution in [0.15, 0.2) is 4.99 Å². The van der Waals surface area contributed by atoms with Gasteiger partial charge in [0.1, 0.15) is 6.23 Å². The minimum absolute atomic E-state index is 0.0379. The van der Waals surface area contributed by atoms with Crippen LogP contribution in [0.5, 0.6) is 0 Å². The van der Waals surface area contributed by atoms with Crippen molar-refractivity contribution in [3.63, 3.8) is 0 Å². The van der Waals surface area contributed by atoms with E-state index in [1.165, 1.54) is 0 Å². The first kappa shape index (κ1) is 8.23. The maximum absolute atomic E-state index is 5.05. The fraction of sp³-hybridized carbons (Fsp3) is 0.600. The number of nitrogens with zero attached hydrogens (tertiary/aromatic N) is 1. The maximum Gasteiger partial charge on any atom is 0.188 e. The van der Waals surface area contributed by atoms with E-state index in [0.29, 0.717) is 6.61 Å². The van der Waals surface area contributed by atoms with Gasteiger partial charge in [-0.3, -0.25) is 0 Å². The molecule has 0 rings (SSSR count). The highest BCUT2D eigenvalue weighted by Crippen LogP contribution is 1.88. The van der Waals surface area contributed by atoms with Gasteiger partial charge in [-0.05, 0) is 13.8 Å². The minimum Gasteiger partial charge on any atom is -0.370 e. The summed E-state index contributed by atoms with van der Waals surface area (Å²) in [5.41, 5.74) is 10.1. The van der Waals surface area contributed by atoms with E-state index in [4.69, 9.17) is 16.2 Å². The van der Waals surface area contributed by atoms with Crippen molar-refractivity contribution >= 4 is 5.96 Å². The molecule has 0 aromatic heterocycles. The van der Waals surface area contributed by atoms with Crippen LogP contribution >= 0.6 is 0 Å². The first-order valence-electron chi connectivity index (χ1n) is 2.66. The second-order valence-electron chi connectivity index (χ2n) is 1.52. The first-order valence-corrected chi connectivity index (χ1v) is 2.66. The molecule has 0 saturated heterocycles. The Labute approximate surface area is 54.9 Å². The average Bonchev–Trinajstić information content (AvgIpc) is 1.63. The number of rotatable bonds is 3. The van der Waals surface area contributed by atoms with E-state index in [2.05, 4.69) is 11.9 Å². The number of hydrogen-bond donors (Lipinski definition) is 2. The summed E-state index contributed by atoms with van der Waals surface area (Å²) in [4.78, 5) is 3.68. The molecule has 0 amide bonds. The molecule has 4 heteroatoms. The lowest BCUT2D eigenvalue weighted by Crippen LogP contribution is -2.25. The molecule has 0 aromatic carbocycles. The van der Waals surface area contributed by atoms with Crippen LogP contribution in [0.1, 0.15) is 6.92 Å². The van der Waals surface area contributed by atoms with Gasteiger partial charge in [0.05, 0.1) is 0 Å². The minimum atomic E-state index is -0.285. The zero-order valence-corrected chi connectivity index (χ0v) is 5.50. The Hall–Kier alpha value is -0.770. The normalized spacial score (nSPS) is 12.7. The van der Waals surface area contributed by atoms with E-state index < -0.39 is 0 Å². The van der Waals surface area contributed by atoms with Gasteiger partial charge in [0.15, 0.2) is 5.96 Å². The fourth-order valence-electron chi connectivity index (χ4n) is 0.418.